The van der Waals surface area contributed by atoms with E-state index in [1.165, 1.54) is 0 Å². The maximum Gasteiger partial charge on any atom is 0.243 e. The smallest absolute Gasteiger partial charge is 0.243 e. The minimum Gasteiger partial charge on any atom is -0.369 e. The number of rotatable bonds is 2. The van der Waals surface area contributed by atoms with Gasteiger partial charge < -0.3 is 4.74 Å². The first kappa shape index (κ1) is 7.17. The predicted octanol–water partition coefficient (Wildman–Crippen LogP) is 0.275. The van der Waals surface area contributed by atoms with Crippen molar-refractivity contribution in [3.8, 4) is 0 Å². The summed E-state index contributed by atoms with van der Waals surface area (Å²) in [6.45, 7) is 1.22. The molecule has 1 aliphatic heterocycles. The summed E-state index contributed by atoms with van der Waals surface area (Å²) in [7, 11) is 0. The fraction of sp³-hybridized carbons (Fsp3) is 0.286. The van der Waals surface area contributed by atoms with Crippen LogP contribution in [0.15, 0.2) is 23.6 Å². The molecule has 1 aliphatic rings. The van der Waals surface area contributed by atoms with Crippen molar-refractivity contribution in [3.05, 3.63) is 18.5 Å². The van der Waals surface area contributed by atoms with Gasteiger partial charge in [0.1, 0.15) is 0 Å². The van der Waals surface area contributed by atoms with Crippen LogP contribution in [-0.4, -0.2) is 28.9 Å². The van der Waals surface area contributed by atoms with Gasteiger partial charge in [-0.1, -0.05) is 0 Å². The van der Waals surface area contributed by atoms with Crippen LogP contribution in [0.1, 0.15) is 0 Å². The molecule has 0 atom stereocenters. The second kappa shape index (κ2) is 3.27. The summed E-state index contributed by atoms with van der Waals surface area (Å²) in [4.78, 5) is 7.88. The van der Waals surface area contributed by atoms with E-state index in [1.807, 2.05) is 0 Å². The van der Waals surface area contributed by atoms with Crippen LogP contribution in [0.3, 0.4) is 0 Å². The zero-order valence-electron chi connectivity index (χ0n) is 6.40. The summed E-state index contributed by atoms with van der Waals surface area (Å²) in [5.74, 6) is 0.511. The van der Waals surface area contributed by atoms with Gasteiger partial charge in [-0.25, -0.2) is 15.4 Å². The largest absolute Gasteiger partial charge is 0.369 e. The van der Waals surface area contributed by atoms with Crippen LogP contribution in [-0.2, 0) is 4.74 Å². The van der Waals surface area contributed by atoms with Crippen molar-refractivity contribution in [2.75, 3.05) is 18.6 Å². The Morgan fingerprint density at radius 3 is 2.67 bits per heavy atom. The fourth-order valence-electron chi connectivity index (χ4n) is 0.744. The zero-order valence-corrected chi connectivity index (χ0v) is 6.40. The summed E-state index contributed by atoms with van der Waals surface area (Å²) in [6, 6.07) is 1.75. The predicted molar refractivity (Wildman–Crippen MR) is 43.9 cm³/mol. The second-order valence-electron chi connectivity index (χ2n) is 2.36. The van der Waals surface area contributed by atoms with Gasteiger partial charge in [0.25, 0.3) is 0 Å². The van der Waals surface area contributed by atoms with Gasteiger partial charge in [0, 0.05) is 12.4 Å². The van der Waals surface area contributed by atoms with E-state index < -0.39 is 0 Å². The maximum absolute atomic E-state index is 4.91. The third-order valence-corrected chi connectivity index (χ3v) is 1.42. The summed E-state index contributed by atoms with van der Waals surface area (Å²) in [5.41, 5.74) is 3.72. The van der Waals surface area contributed by atoms with E-state index in [2.05, 4.69) is 20.5 Å². The number of ether oxygens (including phenoxy) is 1. The molecule has 0 unspecified atom stereocenters. The van der Waals surface area contributed by atoms with Crippen LogP contribution >= 0.6 is 0 Å². The molecule has 0 amide bonds. The van der Waals surface area contributed by atoms with Crippen molar-refractivity contribution in [1.29, 1.82) is 0 Å². The maximum atomic E-state index is 4.91. The van der Waals surface area contributed by atoms with Crippen LogP contribution < -0.4 is 5.43 Å². The molecule has 0 aromatic carbocycles. The molecular weight excluding hydrogens is 156 g/mol. The number of anilines is 1. The van der Waals surface area contributed by atoms with Crippen LogP contribution in [0, 0.1) is 0 Å². The van der Waals surface area contributed by atoms with Gasteiger partial charge in [-0.15, -0.1) is 0 Å². The molecular formula is C7H8N4O. The highest BCUT2D eigenvalue weighted by atomic mass is 16.5. The average Bonchev–Trinajstić information content (AvgIpc) is 2.04. The van der Waals surface area contributed by atoms with Crippen LogP contribution in [0.2, 0.25) is 0 Å². The first-order valence-electron chi connectivity index (χ1n) is 3.61. The van der Waals surface area contributed by atoms with Crippen LogP contribution in [0.5, 0.6) is 0 Å². The summed E-state index contributed by atoms with van der Waals surface area (Å²) in [5, 5.41) is 4.02. The molecule has 1 aromatic rings. The van der Waals surface area contributed by atoms with Gasteiger partial charge in [-0.2, -0.15) is 5.10 Å². The number of hydrogen-bond acceptors (Lipinski definition) is 5. The molecule has 0 radical (unpaired) electrons. The van der Waals surface area contributed by atoms with Gasteiger partial charge in [-0.05, 0) is 6.07 Å². The molecule has 1 fully saturated rings. The minimum absolute atomic E-state index is 0.511. The lowest BCUT2D eigenvalue weighted by molar-refractivity contribution is 0.159. The Kier molecular flexibility index (Phi) is 1.96. The van der Waals surface area contributed by atoms with Gasteiger partial charge in [0.2, 0.25) is 5.95 Å². The monoisotopic (exact) mass is 164 g/mol. The van der Waals surface area contributed by atoms with Crippen molar-refractivity contribution >= 4 is 11.7 Å². The number of hydrogen-bond donors (Lipinski definition) is 1. The van der Waals surface area contributed by atoms with Crippen molar-refractivity contribution in [2.45, 2.75) is 0 Å². The molecule has 2 heterocycles. The van der Waals surface area contributed by atoms with Crippen molar-refractivity contribution < 1.29 is 4.74 Å². The first-order chi connectivity index (χ1) is 5.95. The van der Waals surface area contributed by atoms with Gasteiger partial charge in [0.15, 0.2) is 0 Å². The van der Waals surface area contributed by atoms with Crippen LogP contribution in [0.4, 0.5) is 5.95 Å². The van der Waals surface area contributed by atoms with E-state index in [0.29, 0.717) is 19.2 Å². The summed E-state index contributed by atoms with van der Waals surface area (Å²) in [6.07, 6.45) is 3.32. The standard InChI is InChI=1S/C7H8N4O/c1-2-8-7(9-3-1)11-10-6-4-12-5-6/h1-3H,4-5H2,(H,8,9,11). The van der Waals surface area contributed by atoms with E-state index in [1.54, 1.807) is 18.5 Å². The molecule has 0 saturated carbocycles. The molecule has 0 aliphatic carbocycles. The van der Waals surface area contributed by atoms with Gasteiger partial charge in [0.05, 0.1) is 18.9 Å². The molecule has 1 aromatic heterocycles. The summed E-state index contributed by atoms with van der Waals surface area (Å²) >= 11 is 0. The average molecular weight is 164 g/mol. The third kappa shape index (κ3) is 1.57. The summed E-state index contributed by atoms with van der Waals surface area (Å²) < 4.78 is 4.91. The molecule has 1 N–H and O–H groups in total. The van der Waals surface area contributed by atoms with Crippen LogP contribution in [0.25, 0.3) is 0 Å². The fourth-order valence-corrected chi connectivity index (χ4v) is 0.744. The molecule has 2 rings (SSSR count). The molecule has 5 heteroatoms. The normalized spacial score (nSPS) is 15.2. The third-order valence-electron chi connectivity index (χ3n) is 1.42. The van der Waals surface area contributed by atoms with E-state index in [9.17, 15) is 0 Å². The lowest BCUT2D eigenvalue weighted by Crippen LogP contribution is -2.28. The van der Waals surface area contributed by atoms with Crippen molar-refractivity contribution in [3.63, 3.8) is 0 Å². The Hall–Kier alpha value is -1.49. The molecule has 1 saturated heterocycles. The molecule has 0 bridgehead atoms. The van der Waals surface area contributed by atoms with E-state index in [-0.39, 0.29) is 0 Å². The Morgan fingerprint density at radius 1 is 1.33 bits per heavy atom. The molecule has 5 nitrogen and oxygen atoms in total. The van der Waals surface area contributed by atoms with Gasteiger partial charge >= 0.3 is 0 Å². The van der Waals surface area contributed by atoms with Crippen molar-refractivity contribution in [2.24, 2.45) is 5.10 Å². The number of hydrazone groups is 1. The highest BCUT2D eigenvalue weighted by molar-refractivity contribution is 5.90. The zero-order chi connectivity index (χ0) is 8.23. The highest BCUT2D eigenvalue weighted by Crippen LogP contribution is 1.98. The van der Waals surface area contributed by atoms with Crippen molar-refractivity contribution in [1.82, 2.24) is 9.97 Å². The number of aromatic nitrogens is 2. The van der Waals surface area contributed by atoms with E-state index in [4.69, 9.17) is 4.74 Å². The Bertz CT molecular complexity index is 279. The number of nitrogens with zero attached hydrogens (tertiary/aromatic N) is 3. The minimum atomic E-state index is 0.511. The molecule has 62 valence electrons. The van der Waals surface area contributed by atoms with Gasteiger partial charge in [-0.3, -0.25) is 0 Å². The first-order valence-corrected chi connectivity index (χ1v) is 3.61. The molecule has 0 spiro atoms. The second-order valence-corrected chi connectivity index (χ2v) is 2.36. The number of nitrogens with one attached hydrogen (secondary N) is 1. The topological polar surface area (TPSA) is 59.4 Å². The Balaban J connectivity index is 1.95. The Morgan fingerprint density at radius 2 is 2.08 bits per heavy atom. The van der Waals surface area contributed by atoms with E-state index >= 15 is 0 Å². The molecule has 12 heavy (non-hydrogen) atoms. The SMILES string of the molecule is c1cnc(NN=C2COC2)nc1. The van der Waals surface area contributed by atoms with E-state index in [0.717, 1.165) is 5.71 Å². The lowest BCUT2D eigenvalue weighted by Gasteiger charge is -2.14. The lowest BCUT2D eigenvalue weighted by atomic mass is 10.3. The highest BCUT2D eigenvalue weighted by Gasteiger charge is 2.09. The Labute approximate surface area is 69.5 Å². The quantitative estimate of drug-likeness (QED) is 0.637.